The molecule has 5 nitrogen and oxygen atoms in total. The Morgan fingerprint density at radius 3 is 2.65 bits per heavy atom. The van der Waals surface area contributed by atoms with E-state index in [-0.39, 0.29) is 29.6 Å². The predicted octanol–water partition coefficient (Wildman–Crippen LogP) is 2.41. The van der Waals surface area contributed by atoms with Crippen LogP contribution in [0.2, 0.25) is 0 Å². The van der Waals surface area contributed by atoms with Crippen molar-refractivity contribution in [3.05, 3.63) is 16.1 Å². The number of nitrogens with one attached hydrogen (secondary N) is 2. The molecule has 0 aliphatic heterocycles. The summed E-state index contributed by atoms with van der Waals surface area (Å²) in [5, 5.41) is 7.57. The van der Waals surface area contributed by atoms with E-state index in [4.69, 9.17) is 4.74 Å². The highest BCUT2D eigenvalue weighted by molar-refractivity contribution is 14.0. The lowest BCUT2D eigenvalue weighted by molar-refractivity contribution is 0.0268. The number of aryl methyl sites for hydroxylation is 1. The average molecular weight is 412 g/mol. The number of halogens is 1. The van der Waals surface area contributed by atoms with E-state index in [1.165, 1.54) is 4.88 Å². The van der Waals surface area contributed by atoms with Gasteiger partial charge in [-0.25, -0.2) is 4.98 Å². The number of methoxy groups -OCH3 is 1. The van der Waals surface area contributed by atoms with E-state index < -0.39 is 0 Å². The van der Waals surface area contributed by atoms with Crippen LogP contribution in [0.1, 0.15) is 30.7 Å². The van der Waals surface area contributed by atoms with Crippen LogP contribution in [0.4, 0.5) is 0 Å². The highest BCUT2D eigenvalue weighted by atomic mass is 127. The molecule has 0 aromatic carbocycles. The van der Waals surface area contributed by atoms with Gasteiger partial charge < -0.3 is 15.4 Å². The van der Waals surface area contributed by atoms with E-state index in [9.17, 15) is 0 Å². The third-order valence-corrected chi connectivity index (χ3v) is 3.96. The van der Waals surface area contributed by atoms with Gasteiger partial charge in [-0.2, -0.15) is 0 Å². The van der Waals surface area contributed by atoms with Gasteiger partial charge in [-0.15, -0.1) is 35.3 Å². The maximum Gasteiger partial charge on any atom is 0.191 e. The first-order valence-electron chi connectivity index (χ1n) is 6.44. The van der Waals surface area contributed by atoms with E-state index in [0.29, 0.717) is 13.1 Å². The lowest BCUT2D eigenvalue weighted by Crippen LogP contribution is -2.45. The number of thiazole rings is 1. The third-order valence-electron chi connectivity index (χ3n) is 2.81. The summed E-state index contributed by atoms with van der Waals surface area (Å²) < 4.78 is 5.36. The number of aromatic nitrogens is 1. The maximum atomic E-state index is 5.36. The van der Waals surface area contributed by atoms with Crippen LogP contribution in [0.15, 0.2) is 11.2 Å². The van der Waals surface area contributed by atoms with Gasteiger partial charge in [0.1, 0.15) is 5.01 Å². The van der Waals surface area contributed by atoms with Crippen molar-refractivity contribution in [3.63, 3.8) is 0 Å². The largest absolute Gasteiger partial charge is 0.377 e. The summed E-state index contributed by atoms with van der Waals surface area (Å²) in [6.45, 7) is 7.58. The number of aliphatic imine (C=N–C) groups is 1. The zero-order chi connectivity index (χ0) is 14.3. The van der Waals surface area contributed by atoms with E-state index in [0.717, 1.165) is 17.4 Å². The third kappa shape index (κ3) is 6.85. The lowest BCUT2D eigenvalue weighted by atomic mass is 10.1. The summed E-state index contributed by atoms with van der Waals surface area (Å²) in [7, 11) is 3.47. The van der Waals surface area contributed by atoms with Crippen molar-refractivity contribution in [1.29, 1.82) is 0 Å². The van der Waals surface area contributed by atoms with E-state index in [1.54, 1.807) is 25.5 Å². The number of nitrogens with zero attached hydrogens (tertiary/aromatic N) is 2. The van der Waals surface area contributed by atoms with Crippen molar-refractivity contribution in [1.82, 2.24) is 15.6 Å². The second kappa shape index (κ2) is 9.51. The van der Waals surface area contributed by atoms with Crippen molar-refractivity contribution in [2.24, 2.45) is 4.99 Å². The minimum Gasteiger partial charge on any atom is -0.377 e. The molecule has 20 heavy (non-hydrogen) atoms. The molecule has 0 bridgehead atoms. The van der Waals surface area contributed by atoms with Crippen LogP contribution in [0.3, 0.4) is 0 Å². The first-order valence-corrected chi connectivity index (χ1v) is 7.25. The van der Waals surface area contributed by atoms with Gasteiger partial charge in [0.2, 0.25) is 0 Å². The van der Waals surface area contributed by atoms with Gasteiger partial charge in [-0.05, 0) is 20.3 Å². The van der Waals surface area contributed by atoms with Gasteiger partial charge in [0.25, 0.3) is 0 Å². The molecule has 0 spiro atoms. The number of ether oxygens (including phenoxy) is 1. The highest BCUT2D eigenvalue weighted by Gasteiger charge is 2.16. The molecule has 0 saturated heterocycles. The molecule has 1 aromatic rings. The van der Waals surface area contributed by atoms with Crippen molar-refractivity contribution in [3.8, 4) is 0 Å². The first kappa shape index (κ1) is 19.6. The molecule has 2 N–H and O–H groups in total. The fourth-order valence-electron chi connectivity index (χ4n) is 1.34. The smallest absolute Gasteiger partial charge is 0.191 e. The minimum atomic E-state index is -0.214. The maximum absolute atomic E-state index is 5.36. The number of hydrogen-bond donors (Lipinski definition) is 2. The number of guanidine groups is 1. The molecule has 116 valence electrons. The molecule has 1 heterocycles. The molecule has 0 aliphatic carbocycles. The molecule has 0 unspecified atom stereocenters. The molecule has 1 aromatic heterocycles. The van der Waals surface area contributed by atoms with Crippen LogP contribution in [-0.2, 0) is 17.7 Å². The van der Waals surface area contributed by atoms with Gasteiger partial charge in [0, 0.05) is 31.8 Å². The average Bonchev–Trinajstić information content (AvgIpc) is 2.87. The Labute approximate surface area is 142 Å². The summed E-state index contributed by atoms with van der Waals surface area (Å²) in [6, 6.07) is 0. The van der Waals surface area contributed by atoms with Crippen molar-refractivity contribution >= 4 is 41.3 Å². The van der Waals surface area contributed by atoms with Crippen LogP contribution in [-0.4, -0.2) is 37.2 Å². The summed E-state index contributed by atoms with van der Waals surface area (Å²) >= 11 is 1.73. The number of rotatable bonds is 6. The van der Waals surface area contributed by atoms with Gasteiger partial charge >= 0.3 is 0 Å². The second-order valence-electron chi connectivity index (χ2n) is 4.82. The topological polar surface area (TPSA) is 58.5 Å². The molecule has 0 saturated carbocycles. The van der Waals surface area contributed by atoms with Crippen LogP contribution < -0.4 is 10.6 Å². The molecular formula is C13H25IN4OS. The molecule has 0 radical (unpaired) electrons. The van der Waals surface area contributed by atoms with Crippen LogP contribution in [0.25, 0.3) is 0 Å². The zero-order valence-electron chi connectivity index (χ0n) is 12.8. The Balaban J connectivity index is 0.00000361. The van der Waals surface area contributed by atoms with Crippen molar-refractivity contribution in [2.75, 3.05) is 20.7 Å². The monoisotopic (exact) mass is 412 g/mol. The molecule has 0 fully saturated rings. The Morgan fingerprint density at radius 1 is 1.45 bits per heavy atom. The highest BCUT2D eigenvalue weighted by Crippen LogP contribution is 2.12. The van der Waals surface area contributed by atoms with Gasteiger partial charge in [-0.3, -0.25) is 4.99 Å². The summed E-state index contributed by atoms with van der Waals surface area (Å²) in [4.78, 5) is 9.86. The SMILES string of the molecule is CCc1cnc(CNC(=NC)NCC(C)(C)OC)s1.I. The van der Waals surface area contributed by atoms with E-state index in [2.05, 4.69) is 27.5 Å². The van der Waals surface area contributed by atoms with Gasteiger partial charge in [0.15, 0.2) is 5.96 Å². The molecule has 1 rings (SSSR count). The summed E-state index contributed by atoms with van der Waals surface area (Å²) in [5.41, 5.74) is -0.214. The number of hydrogen-bond acceptors (Lipinski definition) is 4. The summed E-state index contributed by atoms with van der Waals surface area (Å²) in [6.07, 6.45) is 2.97. The van der Waals surface area contributed by atoms with E-state index in [1.807, 2.05) is 20.0 Å². The van der Waals surface area contributed by atoms with Gasteiger partial charge in [-0.1, -0.05) is 6.92 Å². The Hall–Kier alpha value is -0.410. The minimum absolute atomic E-state index is 0. The Bertz CT molecular complexity index is 420. The van der Waals surface area contributed by atoms with Crippen LogP contribution in [0.5, 0.6) is 0 Å². The summed E-state index contributed by atoms with van der Waals surface area (Å²) in [5.74, 6) is 0.762. The Kier molecular flexibility index (Phi) is 9.32. The first-order chi connectivity index (χ1) is 9.00. The molecular weight excluding hydrogens is 387 g/mol. The van der Waals surface area contributed by atoms with Gasteiger partial charge in [0.05, 0.1) is 12.1 Å². The molecule has 0 amide bonds. The van der Waals surface area contributed by atoms with Crippen molar-refractivity contribution < 1.29 is 4.74 Å². The normalized spacial score (nSPS) is 11.9. The van der Waals surface area contributed by atoms with Crippen LogP contribution in [0, 0.1) is 0 Å². The molecule has 0 atom stereocenters. The Morgan fingerprint density at radius 2 is 2.15 bits per heavy atom. The lowest BCUT2D eigenvalue weighted by Gasteiger charge is -2.24. The zero-order valence-corrected chi connectivity index (χ0v) is 16.0. The van der Waals surface area contributed by atoms with Crippen LogP contribution >= 0.6 is 35.3 Å². The van der Waals surface area contributed by atoms with Crippen molar-refractivity contribution in [2.45, 2.75) is 39.3 Å². The standard InChI is InChI=1S/C13H24N4OS.HI/c1-6-10-7-15-11(19-10)8-16-12(14-4)17-9-13(2,3)18-5;/h7H,6,8-9H2,1-5H3,(H2,14,16,17);1H. The fourth-order valence-corrected chi connectivity index (χ4v) is 2.14. The second-order valence-corrected chi connectivity index (χ2v) is 6.02. The predicted molar refractivity (Wildman–Crippen MR) is 96.2 cm³/mol. The van der Waals surface area contributed by atoms with E-state index >= 15 is 0 Å². The molecule has 7 heteroatoms. The molecule has 0 aliphatic rings. The quantitative estimate of drug-likeness (QED) is 0.428. The fraction of sp³-hybridized carbons (Fsp3) is 0.692.